The van der Waals surface area contributed by atoms with Crippen molar-refractivity contribution in [2.45, 2.75) is 25.9 Å². The van der Waals surface area contributed by atoms with Crippen molar-refractivity contribution < 1.29 is 5.11 Å². The van der Waals surface area contributed by atoms with Gasteiger partial charge in [0.2, 0.25) is 0 Å². The Morgan fingerprint density at radius 2 is 1.73 bits per heavy atom. The van der Waals surface area contributed by atoms with E-state index in [-0.39, 0.29) is 12.6 Å². The molecular weight excluding hydrogens is 190 g/mol. The third-order valence-electron chi connectivity index (χ3n) is 2.25. The second-order valence-electron chi connectivity index (χ2n) is 4.77. The largest absolute Gasteiger partial charge is 0.395 e. The second kappa shape index (κ2) is 8.05. The number of nitrogens with zero attached hydrogens (tertiary/aromatic N) is 2. The van der Waals surface area contributed by atoms with E-state index < -0.39 is 0 Å². The average Bonchev–Trinajstić information content (AvgIpc) is 2.13. The van der Waals surface area contributed by atoms with Crippen LogP contribution in [0.4, 0.5) is 0 Å². The Hall–Kier alpha value is -0.160. The van der Waals surface area contributed by atoms with Gasteiger partial charge in [-0.15, -0.1) is 0 Å². The van der Waals surface area contributed by atoms with E-state index in [9.17, 15) is 5.11 Å². The van der Waals surface area contributed by atoms with Crippen molar-refractivity contribution in [3.05, 3.63) is 0 Å². The average molecular weight is 217 g/mol. The molecule has 0 heterocycles. The van der Waals surface area contributed by atoms with Crippen LogP contribution in [0, 0.1) is 0 Å². The van der Waals surface area contributed by atoms with Crippen LogP contribution in [0.3, 0.4) is 0 Å². The van der Waals surface area contributed by atoms with Crippen LogP contribution in [0.1, 0.15) is 13.8 Å². The monoisotopic (exact) mass is 217 g/mol. The predicted octanol–water partition coefficient (Wildman–Crippen LogP) is -0.161. The van der Waals surface area contributed by atoms with Gasteiger partial charge in [0.25, 0.3) is 0 Å². The maximum absolute atomic E-state index is 9.20. The lowest BCUT2D eigenvalue weighted by Gasteiger charge is -2.26. The molecule has 2 N–H and O–H groups in total. The van der Waals surface area contributed by atoms with Crippen molar-refractivity contribution in [2.24, 2.45) is 0 Å². The van der Waals surface area contributed by atoms with Gasteiger partial charge in [0.15, 0.2) is 0 Å². The maximum Gasteiger partial charge on any atom is 0.0597 e. The Morgan fingerprint density at radius 1 is 1.13 bits per heavy atom. The van der Waals surface area contributed by atoms with Gasteiger partial charge in [-0.25, -0.2) is 0 Å². The zero-order valence-corrected chi connectivity index (χ0v) is 10.8. The van der Waals surface area contributed by atoms with Gasteiger partial charge in [0, 0.05) is 31.7 Å². The molecule has 4 nitrogen and oxygen atoms in total. The summed E-state index contributed by atoms with van der Waals surface area (Å²) in [6.07, 6.45) is 0. The van der Waals surface area contributed by atoms with Crippen LogP contribution in [0.5, 0.6) is 0 Å². The van der Waals surface area contributed by atoms with E-state index >= 15 is 0 Å². The summed E-state index contributed by atoms with van der Waals surface area (Å²) in [5.74, 6) is 0. The third-order valence-corrected chi connectivity index (χ3v) is 2.25. The zero-order chi connectivity index (χ0) is 11.8. The number of rotatable bonds is 8. The Labute approximate surface area is 94.3 Å². The summed E-state index contributed by atoms with van der Waals surface area (Å²) in [7, 11) is 6.24. The summed E-state index contributed by atoms with van der Waals surface area (Å²) in [5, 5.41) is 12.5. The highest BCUT2D eigenvalue weighted by Gasteiger charge is 2.11. The van der Waals surface area contributed by atoms with Crippen LogP contribution in [-0.2, 0) is 0 Å². The van der Waals surface area contributed by atoms with Crippen LogP contribution in [-0.4, -0.2) is 74.4 Å². The standard InChI is InChI=1S/C11H27N3O/c1-10(2)12-11(9-15)8-14(5)7-6-13(3)4/h10-12,15H,6-9H2,1-5H3. The molecular formula is C11H27N3O. The first-order chi connectivity index (χ1) is 6.95. The molecule has 0 radical (unpaired) electrons. The lowest BCUT2D eigenvalue weighted by atomic mass is 10.2. The molecule has 0 aliphatic rings. The van der Waals surface area contributed by atoms with E-state index in [2.05, 4.69) is 50.1 Å². The fraction of sp³-hybridized carbons (Fsp3) is 1.00. The predicted molar refractivity (Wildman–Crippen MR) is 65.2 cm³/mol. The van der Waals surface area contributed by atoms with Gasteiger partial charge in [0.1, 0.15) is 0 Å². The summed E-state index contributed by atoms with van der Waals surface area (Å²) in [6, 6.07) is 0.599. The fourth-order valence-corrected chi connectivity index (χ4v) is 1.47. The molecule has 4 heteroatoms. The first-order valence-corrected chi connectivity index (χ1v) is 5.66. The van der Waals surface area contributed by atoms with Crippen LogP contribution >= 0.6 is 0 Å². The Morgan fingerprint density at radius 3 is 2.13 bits per heavy atom. The molecule has 92 valence electrons. The van der Waals surface area contributed by atoms with Crippen molar-refractivity contribution in [2.75, 3.05) is 47.4 Å². The summed E-state index contributed by atoms with van der Waals surface area (Å²) >= 11 is 0. The molecule has 0 spiro atoms. The number of aliphatic hydroxyl groups excluding tert-OH is 1. The first-order valence-electron chi connectivity index (χ1n) is 5.66. The van der Waals surface area contributed by atoms with Gasteiger partial charge in [0.05, 0.1) is 6.61 Å². The van der Waals surface area contributed by atoms with Crippen molar-refractivity contribution in [1.29, 1.82) is 0 Å². The Kier molecular flexibility index (Phi) is 7.96. The molecule has 15 heavy (non-hydrogen) atoms. The fourth-order valence-electron chi connectivity index (χ4n) is 1.47. The molecule has 0 saturated heterocycles. The summed E-state index contributed by atoms with van der Waals surface area (Å²) < 4.78 is 0. The van der Waals surface area contributed by atoms with Crippen LogP contribution in [0.2, 0.25) is 0 Å². The normalized spacial score (nSPS) is 14.2. The minimum absolute atomic E-state index is 0.178. The molecule has 1 atom stereocenters. The molecule has 0 bridgehead atoms. The summed E-state index contributed by atoms with van der Waals surface area (Å²) in [6.45, 7) is 7.37. The maximum atomic E-state index is 9.20. The Balaban J connectivity index is 3.74. The van der Waals surface area contributed by atoms with Gasteiger partial charge in [-0.3, -0.25) is 0 Å². The van der Waals surface area contributed by atoms with Gasteiger partial charge in [-0.1, -0.05) is 13.8 Å². The molecule has 0 amide bonds. The molecule has 0 fully saturated rings. The summed E-state index contributed by atoms with van der Waals surface area (Å²) in [5.41, 5.74) is 0. The number of nitrogens with one attached hydrogen (secondary N) is 1. The molecule has 0 aliphatic carbocycles. The van der Waals surface area contributed by atoms with E-state index in [1.165, 1.54) is 0 Å². The van der Waals surface area contributed by atoms with E-state index in [1.54, 1.807) is 0 Å². The number of likely N-dealkylation sites (N-methyl/N-ethyl adjacent to an activating group) is 2. The lowest BCUT2D eigenvalue weighted by molar-refractivity contribution is 0.185. The molecule has 0 aromatic rings. The number of hydrogen-bond donors (Lipinski definition) is 2. The SMILES string of the molecule is CC(C)NC(CO)CN(C)CCN(C)C. The minimum Gasteiger partial charge on any atom is -0.395 e. The van der Waals surface area contributed by atoms with Crippen molar-refractivity contribution in [3.63, 3.8) is 0 Å². The van der Waals surface area contributed by atoms with E-state index in [0.717, 1.165) is 19.6 Å². The molecule has 0 saturated carbocycles. The number of aliphatic hydroxyl groups is 1. The lowest BCUT2D eigenvalue weighted by Crippen LogP contribution is -2.46. The van der Waals surface area contributed by atoms with Gasteiger partial charge in [-0.2, -0.15) is 0 Å². The van der Waals surface area contributed by atoms with Crippen LogP contribution in [0.25, 0.3) is 0 Å². The van der Waals surface area contributed by atoms with E-state index in [4.69, 9.17) is 0 Å². The summed E-state index contributed by atoms with van der Waals surface area (Å²) in [4.78, 5) is 4.41. The second-order valence-corrected chi connectivity index (χ2v) is 4.77. The zero-order valence-electron chi connectivity index (χ0n) is 10.8. The molecule has 0 aromatic carbocycles. The highest BCUT2D eigenvalue weighted by molar-refractivity contribution is 4.72. The van der Waals surface area contributed by atoms with Gasteiger partial charge >= 0.3 is 0 Å². The molecule has 0 aliphatic heterocycles. The number of hydrogen-bond acceptors (Lipinski definition) is 4. The quantitative estimate of drug-likeness (QED) is 0.592. The van der Waals surface area contributed by atoms with Crippen molar-refractivity contribution in [1.82, 2.24) is 15.1 Å². The third kappa shape index (κ3) is 8.81. The van der Waals surface area contributed by atoms with E-state index in [1.807, 2.05) is 0 Å². The first kappa shape index (κ1) is 14.8. The minimum atomic E-state index is 0.178. The smallest absolute Gasteiger partial charge is 0.0597 e. The van der Waals surface area contributed by atoms with Crippen LogP contribution in [0.15, 0.2) is 0 Å². The molecule has 0 rings (SSSR count). The van der Waals surface area contributed by atoms with E-state index in [0.29, 0.717) is 6.04 Å². The molecule has 0 aromatic heterocycles. The van der Waals surface area contributed by atoms with Crippen molar-refractivity contribution >= 4 is 0 Å². The van der Waals surface area contributed by atoms with Gasteiger partial charge in [-0.05, 0) is 21.1 Å². The highest BCUT2D eigenvalue weighted by atomic mass is 16.3. The Bertz CT molecular complexity index is 151. The van der Waals surface area contributed by atoms with Crippen molar-refractivity contribution in [3.8, 4) is 0 Å². The van der Waals surface area contributed by atoms with Gasteiger partial charge < -0.3 is 20.2 Å². The topological polar surface area (TPSA) is 38.7 Å². The van der Waals surface area contributed by atoms with Crippen LogP contribution < -0.4 is 5.32 Å². The molecule has 1 unspecified atom stereocenters. The highest BCUT2D eigenvalue weighted by Crippen LogP contribution is 1.92.